The Morgan fingerprint density at radius 1 is 1.43 bits per heavy atom. The minimum Gasteiger partial charge on any atom is -0.381 e. The molecule has 2 aromatic rings. The van der Waals surface area contributed by atoms with Gasteiger partial charge in [-0.2, -0.15) is 0 Å². The van der Waals surface area contributed by atoms with Gasteiger partial charge in [0.25, 0.3) is 0 Å². The van der Waals surface area contributed by atoms with E-state index < -0.39 is 0 Å². The lowest BCUT2D eigenvalue weighted by molar-refractivity contribution is 0.433. The van der Waals surface area contributed by atoms with Gasteiger partial charge in [-0.05, 0) is 28.1 Å². The maximum Gasteiger partial charge on any atom is 0.172 e. The Hall–Kier alpha value is -1.36. The van der Waals surface area contributed by atoms with Crippen LogP contribution in [0.2, 0.25) is 0 Å². The van der Waals surface area contributed by atoms with Crippen LogP contribution in [0, 0.1) is 5.82 Å². The summed E-state index contributed by atoms with van der Waals surface area (Å²) in [5, 5.41) is 3.48. The lowest BCUT2D eigenvalue weighted by Crippen LogP contribution is -1.83. The van der Waals surface area contributed by atoms with Gasteiger partial charge in [-0.15, -0.1) is 0 Å². The number of halogens is 2. The first-order valence-corrected chi connectivity index (χ1v) is 4.64. The fourth-order valence-electron chi connectivity index (χ4n) is 1.11. The Kier molecular flexibility index (Phi) is 2.25. The zero-order valence-electron chi connectivity index (χ0n) is 7.00. The predicted molar refractivity (Wildman–Crippen MR) is 54.0 cm³/mol. The van der Waals surface area contributed by atoms with Gasteiger partial charge in [-0.3, -0.25) is 0 Å². The molecule has 0 aliphatic heterocycles. The molecule has 0 spiro atoms. The Morgan fingerprint density at radius 2 is 2.21 bits per heavy atom. The van der Waals surface area contributed by atoms with Crippen LogP contribution in [0.25, 0.3) is 11.3 Å². The second-order valence-electron chi connectivity index (χ2n) is 2.72. The molecule has 0 amide bonds. The number of hydrogen-bond acceptors (Lipinski definition) is 3. The van der Waals surface area contributed by atoms with Crippen LogP contribution in [0.1, 0.15) is 0 Å². The smallest absolute Gasteiger partial charge is 0.172 e. The maximum absolute atomic E-state index is 13.5. The first kappa shape index (κ1) is 9.21. The van der Waals surface area contributed by atoms with Gasteiger partial charge >= 0.3 is 0 Å². The van der Waals surface area contributed by atoms with Crippen molar-refractivity contribution in [3.63, 3.8) is 0 Å². The monoisotopic (exact) mass is 256 g/mol. The van der Waals surface area contributed by atoms with E-state index in [2.05, 4.69) is 21.1 Å². The standard InChI is InChI=1S/C9H6BrFN2O/c10-6-3-1-2-5(9(6)11)7-4-8(12)13-14-7/h1-4H,(H2,12,13). The number of hydrogen-bond donors (Lipinski definition) is 1. The van der Waals surface area contributed by atoms with Gasteiger partial charge in [0.05, 0.1) is 10.0 Å². The third kappa shape index (κ3) is 1.50. The van der Waals surface area contributed by atoms with E-state index in [9.17, 15) is 4.39 Å². The van der Waals surface area contributed by atoms with E-state index in [1.165, 1.54) is 6.07 Å². The summed E-state index contributed by atoms with van der Waals surface area (Å²) in [4.78, 5) is 0. The molecule has 0 radical (unpaired) electrons. The largest absolute Gasteiger partial charge is 0.381 e. The van der Waals surface area contributed by atoms with Gasteiger partial charge in [0.15, 0.2) is 11.6 Å². The lowest BCUT2D eigenvalue weighted by Gasteiger charge is -1.99. The molecule has 72 valence electrons. The molecule has 1 aromatic heterocycles. The summed E-state index contributed by atoms with van der Waals surface area (Å²) < 4.78 is 18.8. The normalized spacial score (nSPS) is 10.4. The summed E-state index contributed by atoms with van der Waals surface area (Å²) in [7, 11) is 0. The van der Waals surface area contributed by atoms with Gasteiger partial charge in [-0.1, -0.05) is 11.2 Å². The second-order valence-corrected chi connectivity index (χ2v) is 3.57. The summed E-state index contributed by atoms with van der Waals surface area (Å²) in [6.07, 6.45) is 0. The van der Waals surface area contributed by atoms with Crippen molar-refractivity contribution < 1.29 is 8.91 Å². The molecule has 0 fully saturated rings. The van der Waals surface area contributed by atoms with Crippen LogP contribution in [-0.4, -0.2) is 5.16 Å². The number of rotatable bonds is 1. The zero-order valence-corrected chi connectivity index (χ0v) is 8.58. The number of nitrogen functional groups attached to an aromatic ring is 1. The van der Waals surface area contributed by atoms with E-state index in [0.717, 1.165) is 0 Å². The summed E-state index contributed by atoms with van der Waals surface area (Å²) in [6.45, 7) is 0. The van der Waals surface area contributed by atoms with Crippen molar-refractivity contribution in [3.8, 4) is 11.3 Å². The molecule has 1 heterocycles. The first-order chi connectivity index (χ1) is 6.68. The molecule has 0 aliphatic rings. The molecule has 0 saturated carbocycles. The Morgan fingerprint density at radius 3 is 2.86 bits per heavy atom. The molecule has 5 heteroatoms. The van der Waals surface area contributed by atoms with Crippen LogP contribution in [-0.2, 0) is 0 Å². The predicted octanol–water partition coefficient (Wildman–Crippen LogP) is 2.83. The molecule has 0 atom stereocenters. The molecule has 0 bridgehead atoms. The minimum atomic E-state index is -0.386. The fourth-order valence-corrected chi connectivity index (χ4v) is 1.48. The van der Waals surface area contributed by atoms with E-state index >= 15 is 0 Å². The number of nitrogens with zero attached hydrogens (tertiary/aromatic N) is 1. The summed E-state index contributed by atoms with van der Waals surface area (Å²) >= 11 is 3.08. The van der Waals surface area contributed by atoms with Gasteiger partial charge in [0, 0.05) is 6.07 Å². The SMILES string of the molecule is Nc1cc(-c2cccc(Br)c2F)on1. The van der Waals surface area contributed by atoms with Crippen LogP contribution in [0.4, 0.5) is 10.2 Å². The molecule has 1 aromatic carbocycles. The zero-order chi connectivity index (χ0) is 10.1. The number of aromatic nitrogens is 1. The van der Waals surface area contributed by atoms with Gasteiger partial charge < -0.3 is 10.3 Å². The molecule has 0 aliphatic carbocycles. The van der Waals surface area contributed by atoms with Gasteiger partial charge in [-0.25, -0.2) is 4.39 Å². The van der Waals surface area contributed by atoms with E-state index in [4.69, 9.17) is 10.3 Å². The summed E-state index contributed by atoms with van der Waals surface area (Å²) in [5.41, 5.74) is 5.70. The van der Waals surface area contributed by atoms with Crippen molar-refractivity contribution in [1.29, 1.82) is 0 Å². The quantitative estimate of drug-likeness (QED) is 0.854. The van der Waals surface area contributed by atoms with Crippen molar-refractivity contribution in [1.82, 2.24) is 5.16 Å². The van der Waals surface area contributed by atoms with E-state index in [1.807, 2.05) is 0 Å². The molecule has 2 N–H and O–H groups in total. The van der Waals surface area contributed by atoms with Crippen molar-refractivity contribution in [2.75, 3.05) is 5.73 Å². The average Bonchev–Trinajstić information content (AvgIpc) is 2.57. The third-order valence-corrected chi connectivity index (χ3v) is 2.36. The minimum absolute atomic E-state index is 0.236. The van der Waals surface area contributed by atoms with Crippen LogP contribution in [0.15, 0.2) is 33.3 Å². The first-order valence-electron chi connectivity index (χ1n) is 3.85. The molecule has 0 unspecified atom stereocenters. The highest BCUT2D eigenvalue weighted by Crippen LogP contribution is 2.28. The molecule has 2 rings (SSSR count). The van der Waals surface area contributed by atoms with E-state index in [-0.39, 0.29) is 11.6 Å². The summed E-state index contributed by atoms with van der Waals surface area (Å²) in [5.74, 6) is 0.171. The lowest BCUT2D eigenvalue weighted by atomic mass is 10.1. The Balaban J connectivity index is 2.57. The van der Waals surface area contributed by atoms with E-state index in [0.29, 0.717) is 15.8 Å². The van der Waals surface area contributed by atoms with Crippen molar-refractivity contribution in [3.05, 3.63) is 34.6 Å². The highest BCUT2D eigenvalue weighted by atomic mass is 79.9. The van der Waals surface area contributed by atoms with Crippen LogP contribution in [0.5, 0.6) is 0 Å². The number of nitrogens with two attached hydrogens (primary N) is 1. The van der Waals surface area contributed by atoms with Gasteiger partial charge in [0.1, 0.15) is 5.82 Å². The van der Waals surface area contributed by atoms with E-state index in [1.54, 1.807) is 18.2 Å². The van der Waals surface area contributed by atoms with Crippen molar-refractivity contribution >= 4 is 21.7 Å². The molecule has 0 saturated heterocycles. The highest BCUT2D eigenvalue weighted by Gasteiger charge is 2.11. The Bertz CT molecular complexity index is 470. The highest BCUT2D eigenvalue weighted by molar-refractivity contribution is 9.10. The topological polar surface area (TPSA) is 52.0 Å². The maximum atomic E-state index is 13.5. The third-order valence-electron chi connectivity index (χ3n) is 1.75. The molecule has 3 nitrogen and oxygen atoms in total. The Labute approximate surface area is 87.8 Å². The summed E-state index contributed by atoms with van der Waals surface area (Å²) in [6, 6.07) is 6.39. The molecular weight excluding hydrogens is 251 g/mol. The fraction of sp³-hybridized carbons (Fsp3) is 0. The number of anilines is 1. The van der Waals surface area contributed by atoms with Crippen molar-refractivity contribution in [2.24, 2.45) is 0 Å². The van der Waals surface area contributed by atoms with Crippen LogP contribution < -0.4 is 5.73 Å². The molecule has 14 heavy (non-hydrogen) atoms. The van der Waals surface area contributed by atoms with Gasteiger partial charge in [0.2, 0.25) is 0 Å². The average molecular weight is 257 g/mol. The van der Waals surface area contributed by atoms with Crippen LogP contribution >= 0.6 is 15.9 Å². The molecular formula is C9H6BrFN2O. The number of benzene rings is 1. The van der Waals surface area contributed by atoms with Crippen molar-refractivity contribution in [2.45, 2.75) is 0 Å². The van der Waals surface area contributed by atoms with Crippen LogP contribution in [0.3, 0.4) is 0 Å². The second kappa shape index (κ2) is 3.42.